The Bertz CT molecular complexity index is 1860. The molecular weight excluding hydrogens is 855 g/mol. The number of aliphatic carboxylic acids is 4. The first kappa shape index (κ1) is 53.2. The average Bonchev–Trinajstić information content (AvgIpc) is 3.16. The summed E-state index contributed by atoms with van der Waals surface area (Å²) in [5, 5.41) is 59.7. The molecule has 0 bridgehead atoms. The highest BCUT2D eigenvalue weighted by Crippen LogP contribution is 2.23. The first-order valence-electron chi connectivity index (χ1n) is 18.2. The predicted octanol–water partition coefficient (Wildman–Crippen LogP) is -4.94. The fraction of sp³-hybridized carbons (Fsp3) is 0.500. The minimum atomic E-state index is -3.07. The van der Waals surface area contributed by atoms with Gasteiger partial charge >= 0.3 is 32.1 Å². The van der Waals surface area contributed by atoms with Crippen molar-refractivity contribution < 1.29 is 92.3 Å². The molecule has 0 aliphatic carbocycles. The number of benzene rings is 1. The Morgan fingerprint density at radius 1 is 0.629 bits per heavy atom. The van der Waals surface area contributed by atoms with Crippen molar-refractivity contribution in [2.75, 3.05) is 0 Å². The molecule has 0 saturated carbocycles. The number of hydrogen-bond donors (Lipinski definition) is 14. The highest BCUT2D eigenvalue weighted by molar-refractivity contribution is 7.32. The molecule has 0 saturated heterocycles. The van der Waals surface area contributed by atoms with Crippen molar-refractivity contribution in [1.29, 1.82) is 0 Å². The lowest BCUT2D eigenvalue weighted by Crippen LogP contribution is -2.61. The maximum Gasteiger partial charge on any atom is 0.747 e. The van der Waals surface area contributed by atoms with Gasteiger partial charge in [-0.05, 0) is 44.4 Å². The van der Waals surface area contributed by atoms with Gasteiger partial charge in [-0.1, -0.05) is 12.1 Å². The summed E-state index contributed by atoms with van der Waals surface area (Å²) in [6.07, 6.45) is -6.80. The summed E-state index contributed by atoms with van der Waals surface area (Å²) in [5.74, 6) is -14.8. The Balaban J connectivity index is 3.54. The number of aliphatic hydroxyl groups excluding tert-OH is 1. The molecule has 0 aliphatic rings. The molecule has 1 rings (SSSR count). The number of amides is 7. The van der Waals surface area contributed by atoms with Gasteiger partial charge in [0.25, 0.3) is 0 Å². The maximum atomic E-state index is 13.8. The van der Waals surface area contributed by atoms with Gasteiger partial charge in [-0.2, -0.15) is 0 Å². The van der Waals surface area contributed by atoms with E-state index in [0.29, 0.717) is 0 Å². The molecule has 0 spiro atoms. The molecule has 0 fully saturated rings. The first-order valence-corrected chi connectivity index (χ1v) is 19.3. The van der Waals surface area contributed by atoms with Gasteiger partial charge in [0.05, 0.1) is 25.0 Å². The molecule has 7 amide bonds. The molecule has 1 aromatic rings. The van der Waals surface area contributed by atoms with Gasteiger partial charge in [0.1, 0.15) is 36.3 Å². The summed E-state index contributed by atoms with van der Waals surface area (Å²) in [4.78, 5) is 146. The zero-order chi connectivity index (χ0) is 47.4. The summed E-state index contributed by atoms with van der Waals surface area (Å²) in [7, 11) is -3.07. The van der Waals surface area contributed by atoms with Crippen LogP contribution in [0.3, 0.4) is 0 Å². The van der Waals surface area contributed by atoms with Gasteiger partial charge in [0, 0.05) is 23.8 Å². The Morgan fingerprint density at radius 3 is 1.58 bits per heavy atom. The van der Waals surface area contributed by atoms with E-state index in [1.54, 1.807) is 0 Å². The van der Waals surface area contributed by atoms with Crippen LogP contribution in [0.5, 0.6) is 5.75 Å². The quantitative estimate of drug-likeness (QED) is 0.0350. The standard InChI is InChI=1S/C34H47N8O19P/c1-14(34(57)58)37-33(56)27(15(2)43)42-32(55)20(11-16-3-5-17(6-4-16)61-62(59)60)40-29(52)19(8-10-25(47)48)38-30(53)21(12-23(36)44)41-31(54)22(13-26(49)50)39-28(51)18(35)7-9-24(45)46/h3-6,14-15,18-22,27,43H,7-13,35H2,1-2H3,(H12-,36,37,38,39,40,41,42,44,45,46,47,48,49,50,51,52,53,54,55,56,57,58,59,60)/p+1/t14-,15+,18-,19-,20-,21-,22-,27-/m0/s1. The molecule has 0 aromatic heterocycles. The van der Waals surface area contributed by atoms with Gasteiger partial charge in [0.2, 0.25) is 41.4 Å². The van der Waals surface area contributed by atoms with Crippen molar-refractivity contribution in [1.82, 2.24) is 31.9 Å². The van der Waals surface area contributed by atoms with Crippen LogP contribution in [0.15, 0.2) is 24.3 Å². The number of carbonyl (C=O) groups excluding carboxylic acids is 7. The summed E-state index contributed by atoms with van der Waals surface area (Å²) >= 11 is 0. The third-order valence-corrected chi connectivity index (χ3v) is 8.67. The smallest absolute Gasteiger partial charge is 0.481 e. The zero-order valence-electron chi connectivity index (χ0n) is 33.0. The Morgan fingerprint density at radius 2 is 1.10 bits per heavy atom. The summed E-state index contributed by atoms with van der Waals surface area (Å²) in [6.45, 7) is 2.16. The second-order valence-electron chi connectivity index (χ2n) is 13.5. The van der Waals surface area contributed by atoms with Crippen LogP contribution in [0, 0.1) is 0 Å². The largest absolute Gasteiger partial charge is 0.747 e. The lowest BCUT2D eigenvalue weighted by molar-refractivity contribution is -0.142. The SMILES string of the molecule is C[C@H](NC(=O)[C@@H](NC(=O)[C@H](Cc1ccc(O[P+](=O)O)cc1)NC(=O)[C@H](CCC(=O)O)NC(=O)[C@H](CC(N)=O)NC(=O)[C@H](CC(=O)O)NC(=O)[C@@H](N)CCC(=O)O)[C@@H](C)O)C(=O)O. The van der Waals surface area contributed by atoms with Gasteiger partial charge < -0.3 is 68.9 Å². The van der Waals surface area contributed by atoms with E-state index < -0.39 is 167 Å². The first-order chi connectivity index (χ1) is 28.8. The number of aliphatic hydroxyl groups is 1. The van der Waals surface area contributed by atoms with Crippen molar-refractivity contribution >= 4 is 73.5 Å². The van der Waals surface area contributed by atoms with Gasteiger partial charge in [-0.3, -0.25) is 52.7 Å². The van der Waals surface area contributed by atoms with Crippen molar-refractivity contribution in [2.45, 2.75) is 107 Å². The molecule has 0 aliphatic heterocycles. The van der Waals surface area contributed by atoms with E-state index in [9.17, 15) is 77.7 Å². The van der Waals surface area contributed by atoms with Crippen LogP contribution in [0.2, 0.25) is 0 Å². The van der Waals surface area contributed by atoms with Crippen LogP contribution in [0.1, 0.15) is 57.9 Å². The molecule has 0 heterocycles. The highest BCUT2D eigenvalue weighted by Gasteiger charge is 2.35. The van der Waals surface area contributed by atoms with Crippen LogP contribution in [0.4, 0.5) is 0 Å². The van der Waals surface area contributed by atoms with Crippen molar-refractivity contribution in [2.24, 2.45) is 11.5 Å². The highest BCUT2D eigenvalue weighted by atomic mass is 31.1. The Kier molecular flexibility index (Phi) is 22.1. The third-order valence-electron chi connectivity index (χ3n) is 8.31. The fourth-order valence-electron chi connectivity index (χ4n) is 5.08. The van der Waals surface area contributed by atoms with Gasteiger partial charge in [-0.15, -0.1) is 4.89 Å². The normalized spacial score (nSPS) is 14.9. The number of rotatable bonds is 28. The van der Waals surface area contributed by atoms with E-state index in [1.165, 1.54) is 24.3 Å². The monoisotopic (exact) mass is 903 g/mol. The number of primary amides is 1. The zero-order valence-corrected chi connectivity index (χ0v) is 33.9. The molecule has 1 aromatic carbocycles. The lowest BCUT2D eigenvalue weighted by atomic mass is 10.0. The lowest BCUT2D eigenvalue weighted by Gasteiger charge is -2.27. The fourth-order valence-corrected chi connectivity index (χ4v) is 5.38. The minimum Gasteiger partial charge on any atom is -0.481 e. The Labute approximate surface area is 351 Å². The maximum absolute atomic E-state index is 13.8. The van der Waals surface area contributed by atoms with Crippen LogP contribution >= 0.6 is 8.25 Å². The molecule has 342 valence electrons. The molecular formula is C34H48N8O19P+. The molecule has 9 atom stereocenters. The number of nitrogens with one attached hydrogen (secondary N) is 6. The topological polar surface area (TPSA) is 460 Å². The second kappa shape index (κ2) is 25.7. The Hall–Kier alpha value is -6.83. The molecule has 0 radical (unpaired) electrons. The summed E-state index contributed by atoms with van der Waals surface area (Å²) < 4.78 is 15.8. The number of hydrogen-bond acceptors (Lipinski definition) is 15. The second-order valence-corrected chi connectivity index (χ2v) is 14.1. The summed E-state index contributed by atoms with van der Waals surface area (Å²) in [6, 6.07) is -7.51. The van der Waals surface area contributed by atoms with Crippen LogP contribution in [0.25, 0.3) is 0 Å². The average molecular weight is 904 g/mol. The van der Waals surface area contributed by atoms with E-state index in [0.717, 1.165) is 13.8 Å². The van der Waals surface area contributed by atoms with E-state index in [2.05, 4.69) is 25.8 Å². The number of carboxylic acid groups (broad SMARTS) is 4. The van der Waals surface area contributed by atoms with E-state index in [4.69, 9.17) is 21.5 Å². The number of carbonyl (C=O) groups is 11. The van der Waals surface area contributed by atoms with Crippen LogP contribution in [-0.4, -0.2) is 144 Å². The van der Waals surface area contributed by atoms with E-state index in [1.807, 2.05) is 10.6 Å². The number of nitrogens with two attached hydrogens (primary N) is 2. The predicted molar refractivity (Wildman–Crippen MR) is 205 cm³/mol. The van der Waals surface area contributed by atoms with Crippen molar-refractivity contribution in [3.05, 3.63) is 29.8 Å². The third kappa shape index (κ3) is 19.9. The van der Waals surface area contributed by atoms with E-state index in [-0.39, 0.29) is 11.3 Å². The van der Waals surface area contributed by atoms with Crippen LogP contribution in [-0.2, 0) is 63.7 Å². The van der Waals surface area contributed by atoms with Crippen molar-refractivity contribution in [3.63, 3.8) is 0 Å². The van der Waals surface area contributed by atoms with Gasteiger partial charge in [0.15, 0.2) is 5.75 Å². The van der Waals surface area contributed by atoms with Gasteiger partial charge in [-0.25, -0.2) is 4.52 Å². The molecule has 1 unspecified atom stereocenters. The van der Waals surface area contributed by atoms with E-state index >= 15 is 0 Å². The molecule has 28 heteroatoms. The molecule has 27 nitrogen and oxygen atoms in total. The summed E-state index contributed by atoms with van der Waals surface area (Å²) in [5.41, 5.74) is 11.1. The number of carboxylic acids is 4. The molecule has 16 N–H and O–H groups in total. The van der Waals surface area contributed by atoms with Crippen LogP contribution < -0.4 is 47.9 Å². The molecule has 62 heavy (non-hydrogen) atoms. The minimum absolute atomic E-state index is 0.0918. The van der Waals surface area contributed by atoms with Crippen molar-refractivity contribution in [3.8, 4) is 5.75 Å².